The fraction of sp³-hybridized carbons (Fsp3) is 0.303. The minimum Gasteiger partial charge on any atom is -0.329 e. The number of anilines is 1. The van der Waals surface area contributed by atoms with Crippen molar-refractivity contribution in [3.8, 4) is 16.9 Å². The number of aromatic nitrogens is 2. The molecule has 4 rings (SSSR count). The van der Waals surface area contributed by atoms with Crippen LogP contribution in [0.4, 0.5) is 5.82 Å². The maximum Gasteiger partial charge on any atom is 0.254 e. The Bertz CT molecular complexity index is 1330. The predicted molar refractivity (Wildman–Crippen MR) is 158 cm³/mol. The number of rotatable bonds is 13. The first kappa shape index (κ1) is 27.8. The minimum absolute atomic E-state index is 0.0270. The molecule has 0 radical (unpaired) electrons. The molecule has 1 aromatic heterocycles. The Morgan fingerprint density at radius 3 is 2.15 bits per heavy atom. The Labute approximate surface area is 231 Å². The van der Waals surface area contributed by atoms with Crippen molar-refractivity contribution in [2.45, 2.75) is 52.4 Å². The third kappa shape index (κ3) is 7.66. The highest BCUT2D eigenvalue weighted by Gasteiger charge is 2.20. The second kappa shape index (κ2) is 14.1. The van der Waals surface area contributed by atoms with Gasteiger partial charge in [0.25, 0.3) is 5.91 Å². The molecular formula is C33H38N4O2. The summed E-state index contributed by atoms with van der Waals surface area (Å²) in [6.07, 6.45) is 6.17. The molecule has 39 heavy (non-hydrogen) atoms. The molecule has 3 aromatic carbocycles. The summed E-state index contributed by atoms with van der Waals surface area (Å²) in [7, 11) is 0. The number of hydrogen-bond donors (Lipinski definition) is 1. The Balaban J connectivity index is 1.53. The van der Waals surface area contributed by atoms with Gasteiger partial charge in [-0.2, -0.15) is 5.10 Å². The highest BCUT2D eigenvalue weighted by Crippen LogP contribution is 2.25. The van der Waals surface area contributed by atoms with Crippen LogP contribution in [0.2, 0.25) is 0 Å². The van der Waals surface area contributed by atoms with E-state index in [1.165, 1.54) is 5.56 Å². The molecule has 0 aliphatic carbocycles. The maximum atomic E-state index is 13.5. The lowest BCUT2D eigenvalue weighted by molar-refractivity contribution is -0.117. The minimum atomic E-state index is -0.254. The van der Waals surface area contributed by atoms with Gasteiger partial charge in [0, 0.05) is 23.7 Å². The lowest BCUT2D eigenvalue weighted by Gasteiger charge is -2.22. The van der Waals surface area contributed by atoms with Gasteiger partial charge in [-0.05, 0) is 49.1 Å². The molecule has 0 aliphatic rings. The van der Waals surface area contributed by atoms with Gasteiger partial charge < -0.3 is 10.2 Å². The summed E-state index contributed by atoms with van der Waals surface area (Å²) in [6.45, 7) is 4.81. The summed E-state index contributed by atoms with van der Waals surface area (Å²) in [4.78, 5) is 28.5. The maximum absolute atomic E-state index is 13.5. The van der Waals surface area contributed by atoms with E-state index in [4.69, 9.17) is 5.10 Å². The van der Waals surface area contributed by atoms with Crippen LogP contribution < -0.4 is 5.32 Å². The van der Waals surface area contributed by atoms with Gasteiger partial charge in [0.2, 0.25) is 5.91 Å². The van der Waals surface area contributed by atoms with Gasteiger partial charge in [0.1, 0.15) is 12.4 Å². The van der Waals surface area contributed by atoms with Crippen molar-refractivity contribution in [2.75, 3.05) is 18.4 Å². The fourth-order valence-corrected chi connectivity index (χ4v) is 4.52. The third-order valence-corrected chi connectivity index (χ3v) is 6.72. The first-order chi connectivity index (χ1) is 19.1. The zero-order valence-corrected chi connectivity index (χ0v) is 23.0. The molecule has 0 saturated carbocycles. The van der Waals surface area contributed by atoms with Crippen LogP contribution in [0.5, 0.6) is 0 Å². The van der Waals surface area contributed by atoms with Gasteiger partial charge in [0.15, 0.2) is 0 Å². The standard InChI is InChI=1S/C33H38N4O2/c1-3-5-13-23-36(33(39)28-21-19-26(20-22-28)14-6-4-2)25-32(38)34-31-24-30(27-15-9-7-10-16-27)35-37(31)29-17-11-8-12-18-29/h7-12,15-22,24H,3-6,13-14,23,25H2,1-2H3,(H,34,38). The Morgan fingerprint density at radius 2 is 1.49 bits per heavy atom. The number of carbonyl (C=O) groups excluding carboxylic acids is 2. The highest BCUT2D eigenvalue weighted by molar-refractivity contribution is 5.99. The second-order valence-corrected chi connectivity index (χ2v) is 9.81. The molecular weight excluding hydrogens is 484 g/mol. The van der Waals surface area contributed by atoms with Crippen LogP contribution in [-0.4, -0.2) is 39.6 Å². The zero-order chi connectivity index (χ0) is 27.5. The van der Waals surface area contributed by atoms with Crippen molar-refractivity contribution in [1.82, 2.24) is 14.7 Å². The van der Waals surface area contributed by atoms with E-state index < -0.39 is 0 Å². The molecule has 0 fully saturated rings. The predicted octanol–water partition coefficient (Wildman–Crippen LogP) is 7.15. The van der Waals surface area contributed by atoms with Crippen LogP contribution in [0, 0.1) is 0 Å². The van der Waals surface area contributed by atoms with E-state index in [-0.39, 0.29) is 18.4 Å². The Morgan fingerprint density at radius 1 is 0.821 bits per heavy atom. The van der Waals surface area contributed by atoms with Gasteiger partial charge in [0.05, 0.1) is 11.4 Å². The van der Waals surface area contributed by atoms with E-state index in [0.29, 0.717) is 17.9 Å². The quantitative estimate of drug-likeness (QED) is 0.190. The molecule has 0 unspecified atom stereocenters. The van der Waals surface area contributed by atoms with E-state index >= 15 is 0 Å². The molecule has 202 valence electrons. The number of hydrogen-bond acceptors (Lipinski definition) is 3. The normalized spacial score (nSPS) is 10.8. The molecule has 1 heterocycles. The summed E-state index contributed by atoms with van der Waals surface area (Å²) in [6, 6.07) is 29.3. The largest absolute Gasteiger partial charge is 0.329 e. The van der Waals surface area contributed by atoms with Gasteiger partial charge in [-0.3, -0.25) is 9.59 Å². The van der Waals surface area contributed by atoms with Crippen molar-refractivity contribution in [3.63, 3.8) is 0 Å². The van der Waals surface area contributed by atoms with E-state index in [0.717, 1.165) is 55.5 Å². The third-order valence-electron chi connectivity index (χ3n) is 6.72. The van der Waals surface area contributed by atoms with Crippen LogP contribution in [0.3, 0.4) is 0 Å². The summed E-state index contributed by atoms with van der Waals surface area (Å²) in [5.74, 6) is 0.187. The molecule has 0 aliphatic heterocycles. The highest BCUT2D eigenvalue weighted by atomic mass is 16.2. The first-order valence-electron chi connectivity index (χ1n) is 14.0. The van der Waals surface area contributed by atoms with Gasteiger partial charge >= 0.3 is 0 Å². The van der Waals surface area contributed by atoms with Crippen LogP contribution in [0.15, 0.2) is 91.0 Å². The van der Waals surface area contributed by atoms with Crippen LogP contribution in [0.1, 0.15) is 61.9 Å². The molecule has 6 nitrogen and oxygen atoms in total. The molecule has 0 atom stereocenters. The number of amides is 2. The van der Waals surface area contributed by atoms with E-state index in [9.17, 15) is 9.59 Å². The number of carbonyl (C=O) groups is 2. The zero-order valence-electron chi connectivity index (χ0n) is 23.0. The lowest BCUT2D eigenvalue weighted by atomic mass is 10.1. The number of aryl methyl sites for hydroxylation is 1. The SMILES string of the molecule is CCCCCN(CC(=O)Nc1cc(-c2ccccc2)nn1-c1ccccc1)C(=O)c1ccc(CCCC)cc1. The molecule has 1 N–H and O–H groups in total. The number of para-hydroxylation sites is 1. The van der Waals surface area contributed by atoms with Gasteiger partial charge in [-0.25, -0.2) is 4.68 Å². The van der Waals surface area contributed by atoms with Crippen molar-refractivity contribution in [3.05, 3.63) is 102 Å². The number of unbranched alkanes of at least 4 members (excludes halogenated alkanes) is 3. The molecule has 6 heteroatoms. The molecule has 0 saturated heterocycles. The summed E-state index contributed by atoms with van der Waals surface area (Å²) in [5, 5.41) is 7.80. The molecule has 2 amide bonds. The van der Waals surface area contributed by atoms with E-state index in [1.54, 1.807) is 9.58 Å². The number of nitrogens with one attached hydrogen (secondary N) is 1. The van der Waals surface area contributed by atoms with Crippen molar-refractivity contribution in [1.29, 1.82) is 0 Å². The Kier molecular flexibility index (Phi) is 10.1. The molecule has 0 spiro atoms. The van der Waals surface area contributed by atoms with E-state index in [1.807, 2.05) is 91.0 Å². The Hall–Kier alpha value is -4.19. The summed E-state index contributed by atoms with van der Waals surface area (Å²) >= 11 is 0. The number of nitrogens with zero attached hydrogens (tertiary/aromatic N) is 3. The fourth-order valence-electron chi connectivity index (χ4n) is 4.52. The summed E-state index contributed by atoms with van der Waals surface area (Å²) < 4.78 is 1.73. The lowest BCUT2D eigenvalue weighted by Crippen LogP contribution is -2.39. The van der Waals surface area contributed by atoms with E-state index in [2.05, 4.69) is 19.2 Å². The average Bonchev–Trinajstić information content (AvgIpc) is 3.40. The first-order valence-corrected chi connectivity index (χ1v) is 14.0. The van der Waals surface area contributed by atoms with Crippen LogP contribution >= 0.6 is 0 Å². The molecule has 4 aromatic rings. The topological polar surface area (TPSA) is 67.2 Å². The van der Waals surface area contributed by atoms with Crippen molar-refractivity contribution >= 4 is 17.6 Å². The summed E-state index contributed by atoms with van der Waals surface area (Å²) in [5.41, 5.74) is 4.40. The van der Waals surface area contributed by atoms with Crippen molar-refractivity contribution < 1.29 is 9.59 Å². The van der Waals surface area contributed by atoms with Gasteiger partial charge in [-0.1, -0.05) is 93.8 Å². The number of benzene rings is 3. The van der Waals surface area contributed by atoms with Crippen LogP contribution in [0.25, 0.3) is 16.9 Å². The smallest absolute Gasteiger partial charge is 0.254 e. The monoisotopic (exact) mass is 522 g/mol. The van der Waals surface area contributed by atoms with Crippen molar-refractivity contribution in [2.24, 2.45) is 0 Å². The average molecular weight is 523 g/mol. The molecule has 0 bridgehead atoms. The second-order valence-electron chi connectivity index (χ2n) is 9.81. The van der Waals surface area contributed by atoms with Crippen LogP contribution in [-0.2, 0) is 11.2 Å². The van der Waals surface area contributed by atoms with Gasteiger partial charge in [-0.15, -0.1) is 0 Å².